The minimum absolute atomic E-state index is 0.0866. The summed E-state index contributed by atoms with van der Waals surface area (Å²) in [5, 5.41) is 15.0. The number of nitrogens with zero attached hydrogens (tertiary/aromatic N) is 3. The molecule has 1 aromatic rings. The monoisotopic (exact) mass is 281 g/mol. The second-order valence-corrected chi connectivity index (χ2v) is 6.11. The molecule has 1 aromatic heterocycles. The fraction of sp³-hybridized carbons (Fsp3) is 0.750. The first kappa shape index (κ1) is 12.8. The second-order valence-electron chi connectivity index (χ2n) is 5.13. The molecule has 0 aromatic carbocycles. The number of carbonyl (C=O) groups is 1. The molecule has 2 atom stereocenters. The Kier molecular flexibility index (Phi) is 3.65. The molecule has 2 aliphatic rings. The minimum Gasteiger partial charge on any atom is -0.363 e. The molecule has 19 heavy (non-hydrogen) atoms. The average molecular weight is 281 g/mol. The van der Waals surface area contributed by atoms with Gasteiger partial charge in [0.1, 0.15) is 0 Å². The summed E-state index contributed by atoms with van der Waals surface area (Å²) in [5.74, 6) is -0.0866. The van der Waals surface area contributed by atoms with Crippen molar-refractivity contribution in [1.29, 1.82) is 0 Å². The van der Waals surface area contributed by atoms with Gasteiger partial charge >= 0.3 is 0 Å². The van der Waals surface area contributed by atoms with Crippen molar-refractivity contribution in [1.82, 2.24) is 20.4 Å². The van der Waals surface area contributed by atoms with Gasteiger partial charge < -0.3 is 10.6 Å². The van der Waals surface area contributed by atoms with Crippen molar-refractivity contribution in [3.63, 3.8) is 0 Å². The maximum Gasteiger partial charge on any atom is 0.282 e. The summed E-state index contributed by atoms with van der Waals surface area (Å²) in [7, 11) is 1.78. The SMILES string of the molecule is CNc1nnc(C(=O)NC2CCN3CCCCC23)s1. The van der Waals surface area contributed by atoms with Crippen LogP contribution in [0.2, 0.25) is 0 Å². The Morgan fingerprint density at radius 1 is 1.32 bits per heavy atom. The Balaban J connectivity index is 1.63. The number of rotatable bonds is 3. The molecule has 0 radical (unpaired) electrons. The number of anilines is 1. The summed E-state index contributed by atoms with van der Waals surface area (Å²) in [4.78, 5) is 14.7. The quantitative estimate of drug-likeness (QED) is 0.863. The van der Waals surface area contributed by atoms with Crippen LogP contribution in [0.1, 0.15) is 35.5 Å². The van der Waals surface area contributed by atoms with Crippen LogP contribution in [-0.4, -0.2) is 53.2 Å². The highest BCUT2D eigenvalue weighted by atomic mass is 32.1. The molecule has 104 valence electrons. The number of amides is 1. The second kappa shape index (κ2) is 5.42. The molecule has 2 N–H and O–H groups in total. The van der Waals surface area contributed by atoms with Crippen LogP contribution in [0, 0.1) is 0 Å². The van der Waals surface area contributed by atoms with Crippen LogP contribution in [0.5, 0.6) is 0 Å². The molecule has 2 unspecified atom stereocenters. The molecule has 3 heterocycles. The molecule has 7 heteroatoms. The molecule has 0 saturated carbocycles. The van der Waals surface area contributed by atoms with E-state index in [9.17, 15) is 4.79 Å². The van der Waals surface area contributed by atoms with Crippen LogP contribution >= 0.6 is 11.3 Å². The normalized spacial score (nSPS) is 27.0. The van der Waals surface area contributed by atoms with Crippen molar-refractivity contribution < 1.29 is 4.79 Å². The molecule has 2 aliphatic heterocycles. The summed E-state index contributed by atoms with van der Waals surface area (Å²) >= 11 is 1.29. The number of hydrogen-bond donors (Lipinski definition) is 2. The van der Waals surface area contributed by atoms with Gasteiger partial charge in [-0.1, -0.05) is 17.8 Å². The van der Waals surface area contributed by atoms with Crippen molar-refractivity contribution in [2.24, 2.45) is 0 Å². The van der Waals surface area contributed by atoms with Gasteiger partial charge in [-0.3, -0.25) is 9.69 Å². The van der Waals surface area contributed by atoms with Crippen LogP contribution in [0.15, 0.2) is 0 Å². The molecule has 3 rings (SSSR count). The lowest BCUT2D eigenvalue weighted by molar-refractivity contribution is 0.0914. The van der Waals surface area contributed by atoms with Crippen molar-refractivity contribution in [3.05, 3.63) is 5.01 Å². The molecule has 0 bridgehead atoms. The zero-order valence-electron chi connectivity index (χ0n) is 11.1. The van der Waals surface area contributed by atoms with E-state index in [2.05, 4.69) is 25.7 Å². The summed E-state index contributed by atoms with van der Waals surface area (Å²) in [6, 6.07) is 0.795. The summed E-state index contributed by atoms with van der Waals surface area (Å²) < 4.78 is 0. The van der Waals surface area contributed by atoms with Gasteiger partial charge in [-0.05, 0) is 25.8 Å². The van der Waals surface area contributed by atoms with Gasteiger partial charge in [0.05, 0.1) is 0 Å². The van der Waals surface area contributed by atoms with E-state index in [1.54, 1.807) is 7.05 Å². The zero-order chi connectivity index (χ0) is 13.2. The standard InChI is InChI=1S/C12H19N5OS/c1-13-12-16-15-11(19-12)10(18)14-8-5-7-17-6-3-2-4-9(8)17/h8-9H,2-7H2,1H3,(H,13,16)(H,14,18). The topological polar surface area (TPSA) is 70.1 Å². The number of nitrogens with one attached hydrogen (secondary N) is 2. The lowest BCUT2D eigenvalue weighted by atomic mass is 9.99. The number of piperidine rings is 1. The van der Waals surface area contributed by atoms with Crippen LogP contribution in [0.4, 0.5) is 5.13 Å². The van der Waals surface area contributed by atoms with E-state index >= 15 is 0 Å². The third-order valence-electron chi connectivity index (χ3n) is 4.01. The van der Waals surface area contributed by atoms with Crippen LogP contribution in [-0.2, 0) is 0 Å². The van der Waals surface area contributed by atoms with Crippen LogP contribution < -0.4 is 10.6 Å². The number of aromatic nitrogens is 2. The van der Waals surface area contributed by atoms with Gasteiger partial charge in [0.25, 0.3) is 5.91 Å². The molecule has 6 nitrogen and oxygen atoms in total. The fourth-order valence-corrected chi connectivity index (χ4v) is 3.66. The van der Waals surface area contributed by atoms with E-state index in [1.165, 1.54) is 37.1 Å². The lowest BCUT2D eigenvalue weighted by Gasteiger charge is -2.32. The highest BCUT2D eigenvalue weighted by Crippen LogP contribution is 2.27. The third-order valence-corrected chi connectivity index (χ3v) is 4.95. The molecular weight excluding hydrogens is 262 g/mol. The smallest absolute Gasteiger partial charge is 0.282 e. The van der Waals surface area contributed by atoms with Gasteiger partial charge in [0.2, 0.25) is 10.1 Å². The predicted octanol–water partition coefficient (Wildman–Crippen LogP) is 0.936. The Morgan fingerprint density at radius 3 is 3.00 bits per heavy atom. The van der Waals surface area contributed by atoms with Crippen LogP contribution in [0.3, 0.4) is 0 Å². The first-order chi connectivity index (χ1) is 9.28. The Morgan fingerprint density at radius 2 is 2.21 bits per heavy atom. The highest BCUT2D eigenvalue weighted by Gasteiger charge is 2.36. The predicted molar refractivity (Wildman–Crippen MR) is 74.5 cm³/mol. The van der Waals surface area contributed by atoms with Crippen molar-refractivity contribution in [3.8, 4) is 0 Å². The molecular formula is C12H19N5OS. The summed E-state index contributed by atoms with van der Waals surface area (Å²) in [6.07, 6.45) is 4.81. The van der Waals surface area contributed by atoms with E-state index in [0.29, 0.717) is 16.2 Å². The van der Waals surface area contributed by atoms with E-state index in [4.69, 9.17) is 0 Å². The largest absolute Gasteiger partial charge is 0.363 e. The summed E-state index contributed by atoms with van der Waals surface area (Å²) in [6.45, 7) is 2.28. The molecule has 0 spiro atoms. The van der Waals surface area contributed by atoms with Crippen molar-refractivity contribution >= 4 is 22.4 Å². The van der Waals surface area contributed by atoms with Gasteiger partial charge in [0, 0.05) is 25.7 Å². The first-order valence-corrected chi connectivity index (χ1v) is 7.66. The zero-order valence-corrected chi connectivity index (χ0v) is 11.9. The first-order valence-electron chi connectivity index (χ1n) is 6.84. The van der Waals surface area contributed by atoms with E-state index in [1.807, 2.05) is 0 Å². The lowest BCUT2D eigenvalue weighted by Crippen LogP contribution is -2.46. The van der Waals surface area contributed by atoms with E-state index in [-0.39, 0.29) is 11.9 Å². The third kappa shape index (κ3) is 2.57. The van der Waals surface area contributed by atoms with Gasteiger partial charge in [-0.25, -0.2) is 0 Å². The van der Waals surface area contributed by atoms with Crippen molar-refractivity contribution in [2.45, 2.75) is 37.8 Å². The Labute approximate surface area is 116 Å². The molecule has 0 aliphatic carbocycles. The number of fused-ring (bicyclic) bond motifs is 1. The number of carbonyl (C=O) groups excluding carboxylic acids is 1. The Bertz CT molecular complexity index is 463. The maximum atomic E-state index is 12.2. The van der Waals surface area contributed by atoms with Crippen LogP contribution in [0.25, 0.3) is 0 Å². The molecule has 2 fully saturated rings. The Hall–Kier alpha value is -1.21. The van der Waals surface area contributed by atoms with Gasteiger partial charge in [-0.15, -0.1) is 10.2 Å². The molecule has 2 saturated heterocycles. The highest BCUT2D eigenvalue weighted by molar-refractivity contribution is 7.17. The number of hydrogen-bond acceptors (Lipinski definition) is 6. The maximum absolute atomic E-state index is 12.2. The molecule has 1 amide bonds. The van der Waals surface area contributed by atoms with Gasteiger partial charge in [0.15, 0.2) is 0 Å². The van der Waals surface area contributed by atoms with E-state index in [0.717, 1.165) is 13.0 Å². The van der Waals surface area contributed by atoms with Gasteiger partial charge in [-0.2, -0.15) is 0 Å². The fourth-order valence-electron chi connectivity index (χ4n) is 3.06. The average Bonchev–Trinajstić information content (AvgIpc) is 3.06. The van der Waals surface area contributed by atoms with Crippen molar-refractivity contribution in [2.75, 3.05) is 25.5 Å². The van der Waals surface area contributed by atoms with E-state index < -0.39 is 0 Å². The minimum atomic E-state index is -0.0866. The summed E-state index contributed by atoms with van der Waals surface area (Å²) in [5.41, 5.74) is 0.